The molecule has 0 unspecified atom stereocenters. The first-order chi connectivity index (χ1) is 11.6. The quantitative estimate of drug-likeness (QED) is 0.561. The molecule has 0 aliphatic heterocycles. The Balaban J connectivity index is 1.64. The topological polar surface area (TPSA) is 60.9 Å². The summed E-state index contributed by atoms with van der Waals surface area (Å²) in [6.45, 7) is 4.67. The Morgan fingerprint density at radius 1 is 1.12 bits per heavy atom. The summed E-state index contributed by atoms with van der Waals surface area (Å²) >= 11 is 7.77. The van der Waals surface area contributed by atoms with Gasteiger partial charge in [-0.2, -0.15) is 14.7 Å². The highest BCUT2D eigenvalue weighted by atomic mass is 35.5. The molecule has 0 atom stereocenters. The molecule has 0 aliphatic carbocycles. The van der Waals surface area contributed by atoms with Gasteiger partial charge in [-0.15, -0.1) is 10.2 Å². The highest BCUT2D eigenvalue weighted by Crippen LogP contribution is 2.21. The van der Waals surface area contributed by atoms with Crippen molar-refractivity contribution in [3.05, 3.63) is 63.1 Å². The van der Waals surface area contributed by atoms with Gasteiger partial charge < -0.3 is 0 Å². The fraction of sp³-hybridized carbons (Fsp3) is 0.250. The smallest absolute Gasteiger partial charge is 0.234 e. The molecule has 0 bridgehead atoms. The summed E-state index contributed by atoms with van der Waals surface area (Å²) in [5.74, 6) is 0.786. The largest absolute Gasteiger partial charge is 0.263 e. The maximum absolute atomic E-state index is 6.24. The molecule has 8 heteroatoms. The summed E-state index contributed by atoms with van der Waals surface area (Å²) in [6, 6.07) is 9.81. The van der Waals surface area contributed by atoms with Crippen LogP contribution >= 0.6 is 22.9 Å². The molecule has 4 rings (SSSR count). The Bertz CT molecular complexity index is 1010. The van der Waals surface area contributed by atoms with Crippen LogP contribution in [-0.2, 0) is 13.0 Å². The lowest BCUT2D eigenvalue weighted by molar-refractivity contribution is 0.645. The molecule has 24 heavy (non-hydrogen) atoms. The van der Waals surface area contributed by atoms with Crippen molar-refractivity contribution in [2.75, 3.05) is 0 Å². The molecule has 0 fully saturated rings. The van der Waals surface area contributed by atoms with Crippen LogP contribution in [0, 0.1) is 13.8 Å². The molecular weight excluding hydrogens is 344 g/mol. The zero-order valence-corrected chi connectivity index (χ0v) is 14.8. The van der Waals surface area contributed by atoms with Gasteiger partial charge in [-0.25, -0.2) is 0 Å². The van der Waals surface area contributed by atoms with Crippen LogP contribution in [0.3, 0.4) is 0 Å². The number of hydrogen-bond donors (Lipinski definition) is 0. The molecule has 0 saturated carbocycles. The zero-order chi connectivity index (χ0) is 16.7. The number of aryl methyl sites for hydroxylation is 2. The Hall–Kier alpha value is -2.25. The van der Waals surface area contributed by atoms with Gasteiger partial charge in [-0.1, -0.05) is 41.1 Å². The average Bonchev–Trinajstić information content (AvgIpc) is 3.18. The number of halogens is 1. The third kappa shape index (κ3) is 2.81. The van der Waals surface area contributed by atoms with Gasteiger partial charge in [-0.3, -0.25) is 4.68 Å². The third-order valence-corrected chi connectivity index (χ3v) is 5.04. The second-order valence-electron chi connectivity index (χ2n) is 5.66. The van der Waals surface area contributed by atoms with Crippen LogP contribution in [0.1, 0.15) is 27.8 Å². The van der Waals surface area contributed by atoms with E-state index in [4.69, 9.17) is 11.6 Å². The van der Waals surface area contributed by atoms with Gasteiger partial charge in [0.25, 0.3) is 0 Å². The minimum atomic E-state index is 0.601. The predicted octanol–water partition coefficient (Wildman–Crippen LogP) is 3.29. The van der Waals surface area contributed by atoms with E-state index in [-0.39, 0.29) is 0 Å². The van der Waals surface area contributed by atoms with E-state index in [9.17, 15) is 0 Å². The van der Waals surface area contributed by atoms with Crippen LogP contribution < -0.4 is 0 Å². The fourth-order valence-corrected chi connectivity index (χ4v) is 3.68. The first-order valence-corrected chi connectivity index (χ1v) is 8.74. The maximum Gasteiger partial charge on any atom is 0.234 e. The van der Waals surface area contributed by atoms with Crippen LogP contribution in [0.25, 0.3) is 4.96 Å². The molecular formula is C16H15ClN6S. The highest BCUT2D eigenvalue weighted by Gasteiger charge is 2.14. The lowest BCUT2D eigenvalue weighted by Gasteiger charge is -2.01. The van der Waals surface area contributed by atoms with E-state index in [0.29, 0.717) is 13.0 Å². The molecule has 0 saturated heterocycles. The first kappa shape index (κ1) is 15.3. The standard InChI is InChI=1S/C16H15ClN6S/c1-10-7-11(2)22(20-10)9-15-21-23-14(18-19-16(23)24-15)8-12-5-3-4-6-13(12)17/h3-7H,8-9H2,1-2H3. The van der Waals surface area contributed by atoms with Crippen molar-refractivity contribution in [2.45, 2.75) is 26.8 Å². The number of rotatable bonds is 4. The van der Waals surface area contributed by atoms with Crippen LogP contribution in [0.2, 0.25) is 5.02 Å². The van der Waals surface area contributed by atoms with Gasteiger partial charge in [-0.05, 0) is 31.5 Å². The van der Waals surface area contributed by atoms with Gasteiger partial charge in [0, 0.05) is 17.1 Å². The molecule has 0 amide bonds. The Labute approximate surface area is 147 Å². The minimum Gasteiger partial charge on any atom is -0.263 e. The molecule has 0 spiro atoms. The average molecular weight is 359 g/mol. The Kier molecular flexibility index (Phi) is 3.82. The second kappa shape index (κ2) is 5.99. The lowest BCUT2D eigenvalue weighted by Crippen LogP contribution is -2.05. The SMILES string of the molecule is Cc1cc(C)n(Cc2nn3c(Cc4ccccc4Cl)nnc3s2)n1. The van der Waals surface area contributed by atoms with E-state index in [1.165, 1.54) is 11.3 Å². The van der Waals surface area contributed by atoms with Crippen LogP contribution in [0.5, 0.6) is 0 Å². The van der Waals surface area contributed by atoms with Crippen LogP contribution in [0.4, 0.5) is 0 Å². The van der Waals surface area contributed by atoms with Crippen molar-refractivity contribution < 1.29 is 0 Å². The molecule has 0 aliphatic rings. The molecule has 3 heterocycles. The predicted molar refractivity (Wildman–Crippen MR) is 93.7 cm³/mol. The van der Waals surface area contributed by atoms with Crippen molar-refractivity contribution in [3.8, 4) is 0 Å². The molecule has 0 radical (unpaired) electrons. The fourth-order valence-electron chi connectivity index (χ4n) is 2.65. The Morgan fingerprint density at radius 3 is 2.71 bits per heavy atom. The second-order valence-corrected chi connectivity index (χ2v) is 7.11. The van der Waals surface area contributed by atoms with Crippen LogP contribution in [-0.4, -0.2) is 29.6 Å². The molecule has 0 N–H and O–H groups in total. The molecule has 3 aromatic heterocycles. The maximum atomic E-state index is 6.24. The number of benzene rings is 1. The van der Waals surface area contributed by atoms with E-state index in [1.54, 1.807) is 4.52 Å². The van der Waals surface area contributed by atoms with Gasteiger partial charge in [0.2, 0.25) is 4.96 Å². The number of nitrogens with zero attached hydrogens (tertiary/aromatic N) is 6. The summed E-state index contributed by atoms with van der Waals surface area (Å²) in [5, 5.41) is 19.3. The van der Waals surface area contributed by atoms with Gasteiger partial charge in [0.15, 0.2) is 5.82 Å². The van der Waals surface area contributed by atoms with Crippen molar-refractivity contribution in [2.24, 2.45) is 0 Å². The zero-order valence-electron chi connectivity index (χ0n) is 13.3. The van der Waals surface area contributed by atoms with Gasteiger partial charge in [0.1, 0.15) is 5.01 Å². The Morgan fingerprint density at radius 2 is 1.96 bits per heavy atom. The van der Waals surface area contributed by atoms with Gasteiger partial charge >= 0.3 is 0 Å². The molecule has 122 valence electrons. The summed E-state index contributed by atoms with van der Waals surface area (Å²) in [7, 11) is 0. The van der Waals surface area contributed by atoms with E-state index >= 15 is 0 Å². The highest BCUT2D eigenvalue weighted by molar-refractivity contribution is 7.16. The molecule has 4 aromatic rings. The van der Waals surface area contributed by atoms with Gasteiger partial charge in [0.05, 0.1) is 12.2 Å². The monoisotopic (exact) mass is 358 g/mol. The first-order valence-electron chi connectivity index (χ1n) is 7.54. The van der Waals surface area contributed by atoms with E-state index in [1.807, 2.05) is 42.8 Å². The minimum absolute atomic E-state index is 0.601. The summed E-state index contributed by atoms with van der Waals surface area (Å²) < 4.78 is 3.75. The third-order valence-electron chi connectivity index (χ3n) is 3.79. The summed E-state index contributed by atoms with van der Waals surface area (Å²) in [6.07, 6.45) is 0.601. The van der Waals surface area contributed by atoms with Crippen molar-refractivity contribution in [1.29, 1.82) is 0 Å². The van der Waals surface area contributed by atoms with Crippen molar-refractivity contribution in [3.63, 3.8) is 0 Å². The number of aromatic nitrogens is 6. The van der Waals surface area contributed by atoms with E-state index < -0.39 is 0 Å². The number of hydrogen-bond acceptors (Lipinski definition) is 5. The normalized spacial score (nSPS) is 11.5. The number of fused-ring (bicyclic) bond motifs is 1. The lowest BCUT2D eigenvalue weighted by atomic mass is 10.1. The van der Waals surface area contributed by atoms with Crippen molar-refractivity contribution in [1.82, 2.24) is 29.6 Å². The summed E-state index contributed by atoms with van der Waals surface area (Å²) in [5.41, 5.74) is 3.14. The van der Waals surface area contributed by atoms with E-state index in [0.717, 1.165) is 37.8 Å². The van der Waals surface area contributed by atoms with E-state index in [2.05, 4.69) is 26.5 Å². The van der Waals surface area contributed by atoms with Crippen molar-refractivity contribution >= 4 is 27.9 Å². The molecule has 1 aromatic carbocycles. The summed E-state index contributed by atoms with van der Waals surface area (Å²) in [4.78, 5) is 0.786. The molecule has 6 nitrogen and oxygen atoms in total. The van der Waals surface area contributed by atoms with Crippen LogP contribution in [0.15, 0.2) is 30.3 Å².